The van der Waals surface area contributed by atoms with E-state index >= 15 is 0 Å². The zero-order chi connectivity index (χ0) is 12.5. The van der Waals surface area contributed by atoms with Gasteiger partial charge in [-0.1, -0.05) is 18.2 Å². The Morgan fingerprint density at radius 3 is 2.24 bits per heavy atom. The van der Waals surface area contributed by atoms with Crippen LogP contribution in [0.25, 0.3) is 0 Å². The summed E-state index contributed by atoms with van der Waals surface area (Å²) >= 11 is 0. The fourth-order valence-electron chi connectivity index (χ4n) is 1.02. The Morgan fingerprint density at radius 2 is 1.88 bits per heavy atom. The number of rotatable bonds is 1. The molecule has 0 spiro atoms. The van der Waals surface area contributed by atoms with Crippen molar-refractivity contribution in [1.29, 1.82) is 5.26 Å². The van der Waals surface area contributed by atoms with Gasteiger partial charge in [0.1, 0.15) is 0 Å². The SMILES string of the molecule is N#Cc1ccccc1.NC(=O)c1cccnc1. The van der Waals surface area contributed by atoms with Gasteiger partial charge in [-0.3, -0.25) is 9.78 Å². The minimum Gasteiger partial charge on any atom is -0.366 e. The maximum absolute atomic E-state index is 10.4. The molecule has 0 bridgehead atoms. The smallest absolute Gasteiger partial charge is 0.250 e. The Bertz CT molecular complexity index is 503. The highest BCUT2D eigenvalue weighted by Gasteiger charge is 1.94. The number of hydrogen-bond donors (Lipinski definition) is 1. The Hall–Kier alpha value is -2.67. The van der Waals surface area contributed by atoms with Crippen molar-refractivity contribution in [2.24, 2.45) is 5.73 Å². The number of primary amides is 1. The first-order valence-electron chi connectivity index (χ1n) is 4.89. The van der Waals surface area contributed by atoms with Crippen molar-refractivity contribution in [2.75, 3.05) is 0 Å². The molecule has 1 aromatic heterocycles. The number of nitrogens with zero attached hydrogens (tertiary/aromatic N) is 2. The van der Waals surface area contributed by atoms with Gasteiger partial charge >= 0.3 is 0 Å². The molecule has 0 aliphatic heterocycles. The van der Waals surface area contributed by atoms with Gasteiger partial charge in [-0.05, 0) is 24.3 Å². The molecule has 84 valence electrons. The minimum absolute atomic E-state index is 0.442. The first-order valence-corrected chi connectivity index (χ1v) is 4.89. The van der Waals surface area contributed by atoms with Gasteiger partial charge in [-0.25, -0.2) is 0 Å². The van der Waals surface area contributed by atoms with Crippen LogP contribution in [0.15, 0.2) is 54.9 Å². The molecule has 0 atom stereocenters. The van der Waals surface area contributed by atoms with Crippen molar-refractivity contribution < 1.29 is 4.79 Å². The molecule has 2 N–H and O–H groups in total. The second-order valence-electron chi connectivity index (χ2n) is 3.08. The van der Waals surface area contributed by atoms with Crippen molar-refractivity contribution in [2.45, 2.75) is 0 Å². The van der Waals surface area contributed by atoms with E-state index in [0.717, 1.165) is 0 Å². The molecule has 0 aliphatic rings. The van der Waals surface area contributed by atoms with E-state index in [2.05, 4.69) is 4.98 Å². The monoisotopic (exact) mass is 225 g/mol. The largest absolute Gasteiger partial charge is 0.366 e. The summed E-state index contributed by atoms with van der Waals surface area (Å²) in [5.41, 5.74) is 6.09. The van der Waals surface area contributed by atoms with Crippen LogP contribution < -0.4 is 5.73 Å². The number of aromatic nitrogens is 1. The van der Waals surface area contributed by atoms with Crippen molar-refractivity contribution in [1.82, 2.24) is 4.98 Å². The van der Waals surface area contributed by atoms with E-state index < -0.39 is 5.91 Å². The highest BCUT2D eigenvalue weighted by molar-refractivity contribution is 5.92. The fraction of sp³-hybridized carbons (Fsp3) is 0. The molecule has 0 saturated carbocycles. The lowest BCUT2D eigenvalue weighted by molar-refractivity contribution is 0.1000. The van der Waals surface area contributed by atoms with Crippen LogP contribution in [0.5, 0.6) is 0 Å². The average molecular weight is 225 g/mol. The van der Waals surface area contributed by atoms with Crippen molar-refractivity contribution in [3.63, 3.8) is 0 Å². The van der Waals surface area contributed by atoms with Gasteiger partial charge < -0.3 is 5.73 Å². The molecule has 1 heterocycles. The Kier molecular flexibility index (Phi) is 4.92. The van der Waals surface area contributed by atoms with Crippen LogP contribution in [0.2, 0.25) is 0 Å². The van der Waals surface area contributed by atoms with E-state index in [1.165, 1.54) is 6.20 Å². The van der Waals surface area contributed by atoms with E-state index in [1.54, 1.807) is 30.5 Å². The number of carbonyl (C=O) groups excluding carboxylic acids is 1. The average Bonchev–Trinajstić information content (AvgIpc) is 2.41. The molecule has 0 radical (unpaired) electrons. The molecular weight excluding hydrogens is 214 g/mol. The first kappa shape index (κ1) is 12.4. The molecule has 2 rings (SSSR count). The summed E-state index contributed by atoms with van der Waals surface area (Å²) in [6, 6.07) is 14.5. The summed E-state index contributed by atoms with van der Waals surface area (Å²) in [6.07, 6.45) is 3.02. The molecule has 4 heteroatoms. The zero-order valence-electron chi connectivity index (χ0n) is 9.08. The first-order chi connectivity index (χ1) is 8.24. The van der Waals surface area contributed by atoms with Crippen LogP contribution in [-0.4, -0.2) is 10.9 Å². The van der Waals surface area contributed by atoms with Gasteiger partial charge in [0.2, 0.25) is 5.91 Å². The number of nitriles is 1. The number of hydrogen-bond acceptors (Lipinski definition) is 3. The summed E-state index contributed by atoms with van der Waals surface area (Å²) in [4.78, 5) is 14.1. The lowest BCUT2D eigenvalue weighted by Crippen LogP contribution is -2.10. The molecule has 0 unspecified atom stereocenters. The standard InChI is InChI=1S/C7H5N.C6H6N2O/c8-6-7-4-2-1-3-5-7;7-6(9)5-2-1-3-8-4-5/h1-5H;1-4H,(H2,7,9). The third kappa shape index (κ3) is 4.58. The van der Waals surface area contributed by atoms with Gasteiger partial charge in [-0.2, -0.15) is 5.26 Å². The fourth-order valence-corrected chi connectivity index (χ4v) is 1.02. The predicted octanol–water partition coefficient (Wildman–Crippen LogP) is 1.74. The van der Waals surface area contributed by atoms with E-state index in [4.69, 9.17) is 11.0 Å². The summed E-state index contributed by atoms with van der Waals surface area (Å²) in [5.74, 6) is -0.442. The van der Waals surface area contributed by atoms with Crippen LogP contribution in [-0.2, 0) is 0 Å². The highest BCUT2D eigenvalue weighted by atomic mass is 16.1. The van der Waals surface area contributed by atoms with Crippen molar-refractivity contribution in [3.8, 4) is 6.07 Å². The molecule has 1 amide bonds. The van der Waals surface area contributed by atoms with E-state index in [9.17, 15) is 4.79 Å². The molecule has 1 aromatic carbocycles. The summed E-state index contributed by atoms with van der Waals surface area (Å²) < 4.78 is 0. The van der Waals surface area contributed by atoms with Gasteiger partial charge in [0.15, 0.2) is 0 Å². The molecule has 2 aromatic rings. The topological polar surface area (TPSA) is 79.8 Å². The Morgan fingerprint density at radius 1 is 1.18 bits per heavy atom. The van der Waals surface area contributed by atoms with Gasteiger partial charge in [0.25, 0.3) is 0 Å². The summed E-state index contributed by atoms with van der Waals surface area (Å²) in [6.45, 7) is 0. The van der Waals surface area contributed by atoms with Crippen LogP contribution in [0.1, 0.15) is 15.9 Å². The molecule has 0 aliphatic carbocycles. The zero-order valence-corrected chi connectivity index (χ0v) is 9.08. The number of benzene rings is 1. The van der Waals surface area contributed by atoms with E-state index in [1.807, 2.05) is 24.3 Å². The van der Waals surface area contributed by atoms with Gasteiger partial charge in [0.05, 0.1) is 17.2 Å². The lowest BCUT2D eigenvalue weighted by Gasteiger charge is -1.88. The molecule has 0 fully saturated rings. The Balaban J connectivity index is 0.000000171. The second-order valence-corrected chi connectivity index (χ2v) is 3.08. The Labute approximate surface area is 99.3 Å². The van der Waals surface area contributed by atoms with Crippen LogP contribution in [0, 0.1) is 11.3 Å². The number of carbonyl (C=O) groups is 1. The molecular formula is C13H11N3O. The second kappa shape index (κ2) is 6.75. The van der Waals surface area contributed by atoms with Gasteiger partial charge in [-0.15, -0.1) is 0 Å². The van der Waals surface area contributed by atoms with Gasteiger partial charge in [0, 0.05) is 12.4 Å². The number of nitrogens with two attached hydrogens (primary N) is 1. The quantitative estimate of drug-likeness (QED) is 0.802. The predicted molar refractivity (Wildman–Crippen MR) is 63.9 cm³/mol. The van der Waals surface area contributed by atoms with Crippen LogP contribution >= 0.6 is 0 Å². The van der Waals surface area contributed by atoms with Crippen molar-refractivity contribution >= 4 is 5.91 Å². The number of amides is 1. The third-order valence-electron chi connectivity index (χ3n) is 1.85. The van der Waals surface area contributed by atoms with Crippen LogP contribution in [0.4, 0.5) is 0 Å². The van der Waals surface area contributed by atoms with Crippen molar-refractivity contribution in [3.05, 3.63) is 66.0 Å². The minimum atomic E-state index is -0.442. The van der Waals surface area contributed by atoms with Crippen LogP contribution in [0.3, 0.4) is 0 Å². The maximum Gasteiger partial charge on any atom is 0.250 e. The summed E-state index contributed by atoms with van der Waals surface area (Å²) in [7, 11) is 0. The third-order valence-corrected chi connectivity index (χ3v) is 1.85. The molecule has 0 saturated heterocycles. The summed E-state index contributed by atoms with van der Waals surface area (Å²) in [5, 5.41) is 8.29. The molecule has 4 nitrogen and oxygen atoms in total. The van der Waals surface area contributed by atoms with E-state index in [0.29, 0.717) is 11.1 Å². The normalized spacial score (nSPS) is 8.41. The van der Waals surface area contributed by atoms with E-state index in [-0.39, 0.29) is 0 Å². The maximum atomic E-state index is 10.4. The molecule has 17 heavy (non-hydrogen) atoms. The number of pyridine rings is 1. The lowest BCUT2D eigenvalue weighted by atomic mass is 10.2. The highest BCUT2D eigenvalue weighted by Crippen LogP contribution is 1.93.